The maximum absolute atomic E-state index is 13.4. The molecule has 2 aromatic rings. The molecule has 0 saturated carbocycles. The molecule has 2 heterocycles. The second-order valence-electron chi connectivity index (χ2n) is 10.3. The third kappa shape index (κ3) is 7.07. The molecule has 3 rings (SSSR count). The highest BCUT2D eigenvalue weighted by Gasteiger charge is 2.35. The van der Waals surface area contributed by atoms with Gasteiger partial charge >= 0.3 is 5.97 Å². The Kier molecular flexibility index (Phi) is 8.94. The summed E-state index contributed by atoms with van der Waals surface area (Å²) in [4.78, 5) is 39.3. The minimum absolute atomic E-state index is 0.264. The summed E-state index contributed by atoms with van der Waals surface area (Å²) in [5, 5.41) is 6.89. The summed E-state index contributed by atoms with van der Waals surface area (Å²) < 4.78 is 13.3. The van der Waals surface area contributed by atoms with Gasteiger partial charge in [0.1, 0.15) is 11.6 Å². The van der Waals surface area contributed by atoms with Crippen LogP contribution in [0, 0.1) is 11.8 Å². The van der Waals surface area contributed by atoms with Gasteiger partial charge in [0.15, 0.2) is 0 Å². The summed E-state index contributed by atoms with van der Waals surface area (Å²) >= 11 is 0. The number of fused-ring (bicyclic) bond motifs is 5. The Labute approximate surface area is 207 Å². The Bertz CT molecular complexity index is 1040. The number of carbonyl (C=O) groups excluding carboxylic acids is 3. The van der Waals surface area contributed by atoms with E-state index in [2.05, 4.69) is 15.2 Å². The molecule has 1 unspecified atom stereocenters. The number of amides is 2. The Morgan fingerprint density at radius 3 is 2.71 bits per heavy atom. The van der Waals surface area contributed by atoms with Crippen LogP contribution in [0.4, 0.5) is 0 Å². The van der Waals surface area contributed by atoms with Gasteiger partial charge in [-0.3, -0.25) is 14.4 Å². The monoisotopic (exact) mass is 485 g/mol. The van der Waals surface area contributed by atoms with Crippen molar-refractivity contribution < 1.29 is 23.9 Å². The van der Waals surface area contributed by atoms with Crippen molar-refractivity contribution in [3.05, 3.63) is 36.0 Å². The van der Waals surface area contributed by atoms with E-state index in [1.165, 1.54) is 0 Å². The first kappa shape index (κ1) is 26.7. The Morgan fingerprint density at radius 1 is 1.26 bits per heavy atom. The van der Waals surface area contributed by atoms with Gasteiger partial charge in [-0.15, -0.1) is 0 Å². The summed E-state index contributed by atoms with van der Waals surface area (Å²) in [5.41, 5.74) is 1.41. The molecule has 1 aromatic carbocycles. The number of ether oxygens (including phenoxy) is 2. The summed E-state index contributed by atoms with van der Waals surface area (Å²) in [6.45, 7) is 11.1. The predicted octanol–water partition coefficient (Wildman–Crippen LogP) is 3.21. The number of nitrogens with one attached hydrogen (secondary N) is 2. The van der Waals surface area contributed by atoms with E-state index in [9.17, 15) is 14.4 Å². The summed E-state index contributed by atoms with van der Waals surface area (Å²) in [6.07, 6.45) is 3.64. The van der Waals surface area contributed by atoms with Crippen LogP contribution in [0.15, 0.2) is 30.5 Å². The number of carbonyl (C=O) groups is 3. The van der Waals surface area contributed by atoms with Crippen LogP contribution in [-0.2, 0) is 36.8 Å². The lowest BCUT2D eigenvalue weighted by Gasteiger charge is -2.28. The minimum Gasteiger partial charge on any atom is -0.460 e. The Hall–Kier alpha value is -2.87. The maximum Gasteiger partial charge on any atom is 0.309 e. The normalized spacial score (nSPS) is 19.1. The summed E-state index contributed by atoms with van der Waals surface area (Å²) in [6, 6.07) is 7.26. The highest BCUT2D eigenvalue weighted by atomic mass is 16.6. The lowest BCUT2D eigenvalue weighted by molar-refractivity contribution is -0.163. The molecule has 1 aliphatic rings. The van der Waals surface area contributed by atoms with Gasteiger partial charge in [0.25, 0.3) is 0 Å². The van der Waals surface area contributed by atoms with Gasteiger partial charge in [-0.25, -0.2) is 0 Å². The van der Waals surface area contributed by atoms with Gasteiger partial charge in [0.2, 0.25) is 11.8 Å². The number of esters is 1. The predicted molar refractivity (Wildman–Crippen MR) is 135 cm³/mol. The topological polar surface area (TPSA) is 98.7 Å². The molecular formula is C27H39N3O5. The van der Waals surface area contributed by atoms with E-state index >= 15 is 0 Å². The van der Waals surface area contributed by atoms with Crippen LogP contribution >= 0.6 is 0 Å². The van der Waals surface area contributed by atoms with Gasteiger partial charge in [-0.2, -0.15) is 0 Å². The van der Waals surface area contributed by atoms with Crippen molar-refractivity contribution in [2.75, 3.05) is 19.8 Å². The van der Waals surface area contributed by atoms with Crippen LogP contribution in [-0.4, -0.2) is 53.8 Å². The smallest absolute Gasteiger partial charge is 0.309 e. The van der Waals surface area contributed by atoms with Crippen molar-refractivity contribution in [1.29, 1.82) is 0 Å². The third-order valence-corrected chi connectivity index (χ3v) is 6.27. The standard InChI is InChI=1S/C27H39N3O5/c1-6-9-20(18(2)26(33)35-27(3,4)5)24(31)29-22-16-19-17-30(23-11-8-7-10-21(19)23)13-15-34-14-12-28-25(22)32/h7-8,10-11,17-18,20,22H,6,9,12-16H2,1-5H3,(H,28,32)(H,29,31)/t18?,20-,22+/m1/s1. The highest BCUT2D eigenvalue weighted by molar-refractivity contribution is 5.92. The second kappa shape index (κ2) is 11.7. The molecule has 8 nitrogen and oxygen atoms in total. The molecule has 8 heteroatoms. The lowest BCUT2D eigenvalue weighted by atomic mass is 9.88. The van der Waals surface area contributed by atoms with E-state index in [4.69, 9.17) is 9.47 Å². The molecule has 3 atom stereocenters. The van der Waals surface area contributed by atoms with Crippen molar-refractivity contribution in [1.82, 2.24) is 15.2 Å². The van der Waals surface area contributed by atoms with Crippen LogP contribution in [0.3, 0.4) is 0 Å². The molecule has 2 amide bonds. The van der Waals surface area contributed by atoms with Crippen molar-refractivity contribution in [3.8, 4) is 0 Å². The molecule has 0 fully saturated rings. The van der Waals surface area contributed by atoms with E-state index in [1.54, 1.807) is 6.92 Å². The van der Waals surface area contributed by atoms with Crippen molar-refractivity contribution in [3.63, 3.8) is 0 Å². The molecule has 0 spiro atoms. The first-order chi connectivity index (χ1) is 16.6. The largest absolute Gasteiger partial charge is 0.460 e. The molecule has 1 aliphatic heterocycles. The van der Waals surface area contributed by atoms with Crippen molar-refractivity contribution >= 4 is 28.7 Å². The Morgan fingerprint density at radius 2 is 2.00 bits per heavy atom. The SMILES string of the molecule is CCC[C@@H](C(=O)N[C@H]1Cc2cn(c3ccccc23)CCOCCNC1=O)C(C)C(=O)OC(C)(C)C. The Balaban J connectivity index is 1.86. The number of nitrogens with zero attached hydrogens (tertiary/aromatic N) is 1. The van der Waals surface area contributed by atoms with Crippen molar-refractivity contribution in [2.24, 2.45) is 11.8 Å². The molecule has 0 aliphatic carbocycles. The quantitative estimate of drug-likeness (QED) is 0.613. The molecular weight excluding hydrogens is 446 g/mol. The molecule has 2 N–H and O–H groups in total. The van der Waals surface area contributed by atoms with E-state index in [-0.39, 0.29) is 11.8 Å². The van der Waals surface area contributed by atoms with E-state index in [0.29, 0.717) is 39.1 Å². The van der Waals surface area contributed by atoms with Gasteiger partial charge < -0.3 is 24.7 Å². The average molecular weight is 486 g/mol. The number of hydrogen-bond acceptors (Lipinski definition) is 5. The summed E-state index contributed by atoms with van der Waals surface area (Å²) in [7, 11) is 0. The molecule has 35 heavy (non-hydrogen) atoms. The van der Waals surface area contributed by atoms with Crippen LogP contribution in [0.2, 0.25) is 0 Å². The maximum atomic E-state index is 13.4. The highest BCUT2D eigenvalue weighted by Crippen LogP contribution is 2.25. The number of rotatable bonds is 6. The number of hydrogen-bond donors (Lipinski definition) is 2. The molecule has 0 saturated heterocycles. The zero-order valence-electron chi connectivity index (χ0n) is 21.6. The van der Waals surface area contributed by atoms with Crippen LogP contribution in [0.1, 0.15) is 53.0 Å². The first-order valence-corrected chi connectivity index (χ1v) is 12.6. The fraction of sp³-hybridized carbons (Fsp3) is 0.593. The molecule has 2 bridgehead atoms. The number of aromatic nitrogens is 1. The van der Waals surface area contributed by atoms with E-state index in [1.807, 2.05) is 58.2 Å². The molecule has 192 valence electrons. The number of benzene rings is 1. The van der Waals surface area contributed by atoms with Gasteiger partial charge in [0, 0.05) is 36.6 Å². The first-order valence-electron chi connectivity index (χ1n) is 12.6. The fourth-order valence-electron chi connectivity index (χ4n) is 4.49. The minimum atomic E-state index is -0.772. The van der Waals surface area contributed by atoms with Crippen LogP contribution in [0.5, 0.6) is 0 Å². The lowest BCUT2D eigenvalue weighted by Crippen LogP contribution is -2.51. The fourth-order valence-corrected chi connectivity index (χ4v) is 4.49. The van der Waals surface area contributed by atoms with Crippen molar-refractivity contribution in [2.45, 2.75) is 72.1 Å². The average Bonchev–Trinajstić information content (AvgIpc) is 3.14. The molecule has 0 radical (unpaired) electrons. The zero-order chi connectivity index (χ0) is 25.6. The van der Waals surface area contributed by atoms with E-state index < -0.39 is 29.4 Å². The van der Waals surface area contributed by atoms with E-state index in [0.717, 1.165) is 22.9 Å². The van der Waals surface area contributed by atoms with Crippen LogP contribution in [0.25, 0.3) is 10.9 Å². The van der Waals surface area contributed by atoms with Gasteiger partial charge in [0.05, 0.1) is 25.0 Å². The second-order valence-corrected chi connectivity index (χ2v) is 10.3. The molecule has 1 aromatic heterocycles. The van der Waals surface area contributed by atoms with Gasteiger partial charge in [-0.05, 0) is 38.8 Å². The summed E-state index contributed by atoms with van der Waals surface area (Å²) in [5.74, 6) is -2.20. The van der Waals surface area contributed by atoms with Gasteiger partial charge in [-0.1, -0.05) is 38.5 Å². The third-order valence-electron chi connectivity index (χ3n) is 6.27. The zero-order valence-corrected chi connectivity index (χ0v) is 21.6. The number of para-hydroxylation sites is 1. The van der Waals surface area contributed by atoms with Crippen LogP contribution < -0.4 is 10.6 Å².